The van der Waals surface area contributed by atoms with Gasteiger partial charge in [-0.3, -0.25) is 0 Å². The molecule has 2 heteroatoms. The van der Waals surface area contributed by atoms with Crippen LogP contribution >= 0.6 is 0 Å². The lowest BCUT2D eigenvalue weighted by Gasteiger charge is -2.02. The smallest absolute Gasteiger partial charge is 0.146 e. The average molecular weight is 217 g/mol. The molecule has 0 atom stereocenters. The third-order valence-electron chi connectivity index (χ3n) is 2.10. The monoisotopic (exact) mass is 217 g/mol. The van der Waals surface area contributed by atoms with E-state index in [4.69, 9.17) is 5.73 Å². The quantitative estimate of drug-likeness (QED) is 0.715. The Morgan fingerprint density at radius 3 is 2.06 bits per heavy atom. The Morgan fingerprint density at radius 2 is 1.50 bits per heavy atom. The fraction of sp³-hybridized carbons (Fsp3) is 0.143. The van der Waals surface area contributed by atoms with Crippen LogP contribution in [0.3, 0.4) is 0 Å². The number of nitrogen functional groups attached to an aromatic ring is 1. The van der Waals surface area contributed by atoms with Crippen molar-refractivity contribution in [2.75, 3.05) is 5.73 Å². The van der Waals surface area contributed by atoms with Gasteiger partial charge in [-0.25, -0.2) is 4.39 Å². The molecule has 2 N–H and O–H groups in total. The lowest BCUT2D eigenvalue weighted by Crippen LogP contribution is -1.90. The van der Waals surface area contributed by atoms with Crippen LogP contribution in [0.25, 0.3) is 11.1 Å². The number of rotatable bonds is 1. The topological polar surface area (TPSA) is 26.0 Å². The summed E-state index contributed by atoms with van der Waals surface area (Å²) in [5.74, 6) is -0.371. The second-order valence-electron chi connectivity index (χ2n) is 3.10. The highest BCUT2D eigenvalue weighted by molar-refractivity contribution is 5.67. The van der Waals surface area contributed by atoms with Gasteiger partial charge in [-0.15, -0.1) is 0 Å². The van der Waals surface area contributed by atoms with Crippen LogP contribution in [0.2, 0.25) is 0 Å². The average Bonchev–Trinajstić information content (AvgIpc) is 2.36. The minimum atomic E-state index is -0.371. The molecule has 0 amide bonds. The van der Waals surface area contributed by atoms with Crippen molar-refractivity contribution in [2.45, 2.75) is 13.8 Å². The van der Waals surface area contributed by atoms with Crippen molar-refractivity contribution in [3.05, 3.63) is 54.3 Å². The zero-order valence-electron chi connectivity index (χ0n) is 9.57. The molecule has 0 aliphatic carbocycles. The second-order valence-corrected chi connectivity index (χ2v) is 3.10. The number of nitrogens with two attached hydrogens (primary N) is 1. The Labute approximate surface area is 95.7 Å². The predicted octanol–water partition coefficient (Wildman–Crippen LogP) is 4.10. The first-order chi connectivity index (χ1) is 7.77. The second kappa shape index (κ2) is 5.91. The summed E-state index contributed by atoms with van der Waals surface area (Å²) in [5.41, 5.74) is 7.65. The summed E-state index contributed by atoms with van der Waals surface area (Å²) in [6.45, 7) is 4.00. The van der Waals surface area contributed by atoms with Crippen molar-refractivity contribution in [3.63, 3.8) is 0 Å². The Kier molecular flexibility index (Phi) is 4.52. The van der Waals surface area contributed by atoms with Gasteiger partial charge in [0.05, 0.1) is 5.69 Å². The molecule has 0 aliphatic rings. The maximum absolute atomic E-state index is 12.9. The van der Waals surface area contributed by atoms with E-state index in [1.54, 1.807) is 12.1 Å². The van der Waals surface area contributed by atoms with Crippen molar-refractivity contribution in [1.82, 2.24) is 0 Å². The Balaban J connectivity index is 0.000000606. The Morgan fingerprint density at radius 1 is 0.875 bits per heavy atom. The van der Waals surface area contributed by atoms with E-state index in [-0.39, 0.29) is 11.5 Å². The van der Waals surface area contributed by atoms with Crippen LogP contribution in [0.5, 0.6) is 0 Å². The third-order valence-corrected chi connectivity index (χ3v) is 2.10. The molecule has 1 nitrogen and oxygen atoms in total. The summed E-state index contributed by atoms with van der Waals surface area (Å²) in [6.07, 6.45) is 0. The van der Waals surface area contributed by atoms with E-state index in [9.17, 15) is 4.39 Å². The standard InChI is InChI=1S/C12H10FN.C2H6/c13-11-7-6-10(8-12(11)14)9-4-2-1-3-5-9;1-2/h1-8H,14H2;1-2H3. The van der Waals surface area contributed by atoms with E-state index in [0.29, 0.717) is 0 Å². The van der Waals surface area contributed by atoms with Gasteiger partial charge in [0.15, 0.2) is 0 Å². The van der Waals surface area contributed by atoms with Crippen LogP contribution in [0.15, 0.2) is 48.5 Å². The maximum Gasteiger partial charge on any atom is 0.146 e. The van der Waals surface area contributed by atoms with Crippen LogP contribution in [0.4, 0.5) is 10.1 Å². The molecule has 0 saturated carbocycles. The van der Waals surface area contributed by atoms with Gasteiger partial charge in [-0.2, -0.15) is 0 Å². The minimum absolute atomic E-state index is 0.186. The summed E-state index contributed by atoms with van der Waals surface area (Å²) in [5, 5.41) is 0. The molecule has 0 bridgehead atoms. The molecule has 0 unspecified atom stereocenters. The van der Waals surface area contributed by atoms with E-state index >= 15 is 0 Å². The summed E-state index contributed by atoms with van der Waals surface area (Å²) in [4.78, 5) is 0. The molecule has 0 aliphatic heterocycles. The van der Waals surface area contributed by atoms with Crippen molar-refractivity contribution in [1.29, 1.82) is 0 Å². The van der Waals surface area contributed by atoms with Gasteiger partial charge in [0, 0.05) is 0 Å². The maximum atomic E-state index is 12.9. The molecular formula is C14H16FN. The zero-order chi connectivity index (χ0) is 12.0. The summed E-state index contributed by atoms with van der Waals surface area (Å²) in [6, 6.07) is 14.5. The molecular weight excluding hydrogens is 201 g/mol. The lowest BCUT2D eigenvalue weighted by atomic mass is 10.1. The third kappa shape index (κ3) is 2.83. The molecule has 0 saturated heterocycles. The van der Waals surface area contributed by atoms with E-state index in [0.717, 1.165) is 11.1 Å². The van der Waals surface area contributed by atoms with Crippen LogP contribution in [0.1, 0.15) is 13.8 Å². The molecule has 0 radical (unpaired) electrons. The molecule has 16 heavy (non-hydrogen) atoms. The van der Waals surface area contributed by atoms with Gasteiger partial charge in [-0.1, -0.05) is 50.2 Å². The number of halogens is 1. The SMILES string of the molecule is CC.Nc1cc(-c2ccccc2)ccc1F. The fourth-order valence-corrected chi connectivity index (χ4v) is 1.35. The number of benzene rings is 2. The normalized spacial score (nSPS) is 9.19. The van der Waals surface area contributed by atoms with Crippen molar-refractivity contribution < 1.29 is 4.39 Å². The highest BCUT2D eigenvalue weighted by Crippen LogP contribution is 2.22. The first kappa shape index (κ1) is 12.2. The van der Waals surface area contributed by atoms with E-state index in [2.05, 4.69) is 0 Å². The molecule has 0 heterocycles. The molecule has 84 valence electrons. The van der Waals surface area contributed by atoms with Crippen molar-refractivity contribution >= 4 is 5.69 Å². The van der Waals surface area contributed by atoms with Crippen LogP contribution in [-0.2, 0) is 0 Å². The number of hydrogen-bond acceptors (Lipinski definition) is 1. The zero-order valence-corrected chi connectivity index (χ0v) is 9.57. The molecule has 0 fully saturated rings. The molecule has 2 rings (SSSR count). The van der Waals surface area contributed by atoms with Gasteiger partial charge >= 0.3 is 0 Å². The summed E-state index contributed by atoms with van der Waals surface area (Å²) >= 11 is 0. The number of hydrogen-bond donors (Lipinski definition) is 1. The molecule has 2 aromatic carbocycles. The van der Waals surface area contributed by atoms with Crippen molar-refractivity contribution in [3.8, 4) is 11.1 Å². The van der Waals surface area contributed by atoms with Gasteiger partial charge in [0.2, 0.25) is 0 Å². The summed E-state index contributed by atoms with van der Waals surface area (Å²) < 4.78 is 12.9. The Hall–Kier alpha value is -1.83. The molecule has 0 aromatic heterocycles. The van der Waals surface area contributed by atoms with Crippen molar-refractivity contribution in [2.24, 2.45) is 0 Å². The minimum Gasteiger partial charge on any atom is -0.396 e. The van der Waals surface area contributed by atoms with Gasteiger partial charge < -0.3 is 5.73 Å². The van der Waals surface area contributed by atoms with E-state index in [1.165, 1.54) is 6.07 Å². The highest BCUT2D eigenvalue weighted by Gasteiger charge is 2.00. The number of anilines is 1. The van der Waals surface area contributed by atoms with Crippen LogP contribution < -0.4 is 5.73 Å². The van der Waals surface area contributed by atoms with Gasteiger partial charge in [0.1, 0.15) is 5.82 Å². The first-order valence-corrected chi connectivity index (χ1v) is 5.38. The molecule has 2 aromatic rings. The fourth-order valence-electron chi connectivity index (χ4n) is 1.35. The van der Waals surface area contributed by atoms with E-state index in [1.807, 2.05) is 44.2 Å². The van der Waals surface area contributed by atoms with Gasteiger partial charge in [0.25, 0.3) is 0 Å². The Bertz CT molecular complexity index is 438. The summed E-state index contributed by atoms with van der Waals surface area (Å²) in [7, 11) is 0. The van der Waals surface area contributed by atoms with E-state index < -0.39 is 0 Å². The lowest BCUT2D eigenvalue weighted by molar-refractivity contribution is 0.632. The van der Waals surface area contributed by atoms with Gasteiger partial charge in [-0.05, 0) is 23.3 Å². The first-order valence-electron chi connectivity index (χ1n) is 5.38. The van der Waals surface area contributed by atoms with Crippen LogP contribution in [0, 0.1) is 5.82 Å². The van der Waals surface area contributed by atoms with Crippen LogP contribution in [-0.4, -0.2) is 0 Å². The highest BCUT2D eigenvalue weighted by atomic mass is 19.1. The molecule has 0 spiro atoms. The predicted molar refractivity (Wildman–Crippen MR) is 67.6 cm³/mol. The largest absolute Gasteiger partial charge is 0.396 e.